The Hall–Kier alpha value is -1.62. The second-order valence-electron chi connectivity index (χ2n) is 4.52. The first kappa shape index (κ1) is 12.8. The van der Waals surface area contributed by atoms with Crippen LogP contribution in [0.5, 0.6) is 5.75 Å². The molecule has 1 aromatic carbocycles. The molecule has 1 aliphatic rings. The highest BCUT2D eigenvalue weighted by Gasteiger charge is 2.19. The molecule has 1 aliphatic heterocycles. The minimum Gasteiger partial charge on any atom is -0.485 e. The van der Waals surface area contributed by atoms with Crippen LogP contribution in [0.3, 0.4) is 0 Å². The van der Waals surface area contributed by atoms with Gasteiger partial charge in [0, 0.05) is 12.1 Å². The molecule has 1 saturated heterocycles. The van der Waals surface area contributed by atoms with Gasteiger partial charge in [-0.25, -0.2) is 0 Å². The minimum absolute atomic E-state index is 0.0624. The molecular formula is C13H18N2O3. The van der Waals surface area contributed by atoms with Crippen molar-refractivity contribution in [1.82, 2.24) is 5.32 Å². The summed E-state index contributed by atoms with van der Waals surface area (Å²) in [7, 11) is 0. The van der Waals surface area contributed by atoms with Crippen LogP contribution in [-0.4, -0.2) is 24.1 Å². The van der Waals surface area contributed by atoms with Crippen molar-refractivity contribution in [3.8, 4) is 5.75 Å². The number of nitrogens with one attached hydrogen (secondary N) is 1. The van der Waals surface area contributed by atoms with Crippen molar-refractivity contribution in [3.63, 3.8) is 0 Å². The molecule has 1 atom stereocenters. The zero-order valence-electron chi connectivity index (χ0n) is 10.5. The van der Waals surface area contributed by atoms with Gasteiger partial charge in [-0.05, 0) is 37.4 Å². The Balaban J connectivity index is 2.08. The summed E-state index contributed by atoms with van der Waals surface area (Å²) in [5.74, 6) is 0.367. The lowest BCUT2D eigenvalue weighted by molar-refractivity contribution is -0.385. The van der Waals surface area contributed by atoms with Crippen LogP contribution < -0.4 is 10.1 Å². The molecule has 1 heterocycles. The molecule has 0 spiro atoms. The van der Waals surface area contributed by atoms with Crippen molar-refractivity contribution >= 4 is 5.69 Å². The van der Waals surface area contributed by atoms with Crippen LogP contribution in [0.4, 0.5) is 5.69 Å². The first-order valence-corrected chi connectivity index (χ1v) is 6.34. The topological polar surface area (TPSA) is 64.4 Å². The van der Waals surface area contributed by atoms with E-state index in [1.807, 2.05) is 13.0 Å². The first-order valence-electron chi connectivity index (χ1n) is 6.34. The van der Waals surface area contributed by atoms with Crippen molar-refractivity contribution in [1.29, 1.82) is 0 Å². The maximum absolute atomic E-state index is 11.0. The largest absolute Gasteiger partial charge is 0.485 e. The van der Waals surface area contributed by atoms with Gasteiger partial charge in [-0.3, -0.25) is 10.1 Å². The molecule has 1 fully saturated rings. The number of nitrogens with zero attached hydrogens (tertiary/aromatic N) is 1. The molecule has 0 aliphatic carbocycles. The fraction of sp³-hybridized carbons (Fsp3) is 0.538. The Bertz CT molecular complexity index is 428. The number of hydrogen-bond acceptors (Lipinski definition) is 4. The maximum Gasteiger partial charge on any atom is 0.311 e. The lowest BCUT2D eigenvalue weighted by Gasteiger charge is -2.12. The molecule has 0 bridgehead atoms. The van der Waals surface area contributed by atoms with E-state index in [2.05, 4.69) is 5.32 Å². The molecule has 5 nitrogen and oxygen atoms in total. The van der Waals surface area contributed by atoms with Gasteiger partial charge in [0.15, 0.2) is 5.75 Å². The van der Waals surface area contributed by atoms with Crippen LogP contribution in [0.25, 0.3) is 0 Å². The average Bonchev–Trinajstić information content (AvgIpc) is 2.89. The van der Waals surface area contributed by atoms with E-state index >= 15 is 0 Å². The van der Waals surface area contributed by atoms with Gasteiger partial charge < -0.3 is 10.1 Å². The smallest absolute Gasteiger partial charge is 0.311 e. The van der Waals surface area contributed by atoms with Crippen LogP contribution in [0.2, 0.25) is 0 Å². The number of rotatable bonds is 5. The van der Waals surface area contributed by atoms with Gasteiger partial charge in [-0.1, -0.05) is 13.0 Å². The fourth-order valence-corrected chi connectivity index (χ4v) is 2.14. The minimum atomic E-state index is -0.378. The molecule has 0 aromatic heterocycles. The third-order valence-corrected chi connectivity index (χ3v) is 3.23. The molecule has 5 heteroatoms. The zero-order valence-corrected chi connectivity index (χ0v) is 10.5. The Labute approximate surface area is 106 Å². The number of aryl methyl sites for hydroxylation is 1. The van der Waals surface area contributed by atoms with E-state index in [4.69, 9.17) is 4.74 Å². The molecule has 2 rings (SSSR count). The monoisotopic (exact) mass is 250 g/mol. The predicted molar refractivity (Wildman–Crippen MR) is 69.0 cm³/mol. The van der Waals surface area contributed by atoms with Crippen molar-refractivity contribution in [2.24, 2.45) is 0 Å². The van der Waals surface area contributed by atoms with Crippen LogP contribution in [0.1, 0.15) is 25.3 Å². The van der Waals surface area contributed by atoms with Crippen molar-refractivity contribution in [2.45, 2.75) is 32.2 Å². The van der Waals surface area contributed by atoms with Gasteiger partial charge in [0.2, 0.25) is 0 Å². The van der Waals surface area contributed by atoms with E-state index in [-0.39, 0.29) is 10.6 Å². The van der Waals surface area contributed by atoms with Crippen molar-refractivity contribution < 1.29 is 9.66 Å². The second kappa shape index (κ2) is 5.82. The number of nitro groups is 1. The van der Waals surface area contributed by atoms with E-state index in [0.717, 1.165) is 31.4 Å². The van der Waals surface area contributed by atoms with Gasteiger partial charge in [-0.2, -0.15) is 0 Å². The lowest BCUT2D eigenvalue weighted by atomic mass is 10.1. The highest BCUT2D eigenvalue weighted by atomic mass is 16.6. The van der Waals surface area contributed by atoms with Gasteiger partial charge >= 0.3 is 5.69 Å². The number of ether oxygens (including phenoxy) is 1. The normalized spacial score (nSPS) is 18.8. The first-order chi connectivity index (χ1) is 8.70. The molecule has 0 saturated carbocycles. The molecule has 0 amide bonds. The molecule has 0 unspecified atom stereocenters. The zero-order chi connectivity index (χ0) is 13.0. The highest BCUT2D eigenvalue weighted by molar-refractivity contribution is 5.48. The van der Waals surface area contributed by atoms with E-state index in [1.54, 1.807) is 12.1 Å². The van der Waals surface area contributed by atoms with E-state index in [1.165, 1.54) is 0 Å². The van der Waals surface area contributed by atoms with Crippen LogP contribution in [-0.2, 0) is 6.42 Å². The maximum atomic E-state index is 11.0. The highest BCUT2D eigenvalue weighted by Crippen LogP contribution is 2.28. The summed E-state index contributed by atoms with van der Waals surface area (Å²) in [5.41, 5.74) is 1.01. The summed E-state index contributed by atoms with van der Waals surface area (Å²) in [6.07, 6.45) is 3.00. The Morgan fingerprint density at radius 2 is 2.39 bits per heavy atom. The summed E-state index contributed by atoms with van der Waals surface area (Å²) < 4.78 is 5.58. The summed E-state index contributed by atoms with van der Waals surface area (Å²) in [6.45, 7) is 3.47. The van der Waals surface area contributed by atoms with Crippen molar-refractivity contribution in [3.05, 3.63) is 33.9 Å². The third kappa shape index (κ3) is 2.98. The number of hydrogen-bond donors (Lipinski definition) is 1. The number of nitro benzene ring substituents is 1. The van der Waals surface area contributed by atoms with E-state index < -0.39 is 0 Å². The van der Waals surface area contributed by atoms with E-state index in [9.17, 15) is 10.1 Å². The summed E-state index contributed by atoms with van der Waals surface area (Å²) in [4.78, 5) is 10.6. The second-order valence-corrected chi connectivity index (χ2v) is 4.52. The average molecular weight is 250 g/mol. The van der Waals surface area contributed by atoms with Crippen molar-refractivity contribution in [2.75, 3.05) is 13.2 Å². The molecule has 1 aromatic rings. The number of benzene rings is 1. The molecular weight excluding hydrogens is 232 g/mol. The Kier molecular flexibility index (Phi) is 4.15. The van der Waals surface area contributed by atoms with Gasteiger partial charge in [0.1, 0.15) is 6.61 Å². The summed E-state index contributed by atoms with van der Waals surface area (Å²) in [5, 5.41) is 14.3. The molecule has 0 radical (unpaired) electrons. The van der Waals surface area contributed by atoms with Gasteiger partial charge in [0.05, 0.1) is 4.92 Å². The quantitative estimate of drug-likeness (QED) is 0.643. The summed E-state index contributed by atoms with van der Waals surface area (Å²) >= 11 is 0. The Morgan fingerprint density at radius 1 is 1.56 bits per heavy atom. The van der Waals surface area contributed by atoms with Gasteiger partial charge in [-0.15, -0.1) is 0 Å². The standard InChI is InChI=1S/C13H18N2O3/c1-2-10-5-6-13(12(8-10)15(16)17)18-9-11-4-3-7-14-11/h5-6,8,11,14H,2-4,7,9H2,1H3/t11-/m0/s1. The van der Waals surface area contributed by atoms with Crippen LogP contribution in [0, 0.1) is 10.1 Å². The summed E-state index contributed by atoms with van der Waals surface area (Å²) in [6, 6.07) is 5.49. The lowest BCUT2D eigenvalue weighted by Crippen LogP contribution is -2.28. The fourth-order valence-electron chi connectivity index (χ4n) is 2.14. The molecule has 1 N–H and O–H groups in total. The van der Waals surface area contributed by atoms with Crippen LogP contribution in [0.15, 0.2) is 18.2 Å². The Morgan fingerprint density at radius 3 is 3.00 bits per heavy atom. The third-order valence-electron chi connectivity index (χ3n) is 3.23. The van der Waals surface area contributed by atoms with Crippen LogP contribution >= 0.6 is 0 Å². The molecule has 98 valence electrons. The van der Waals surface area contributed by atoms with Gasteiger partial charge in [0.25, 0.3) is 0 Å². The molecule has 18 heavy (non-hydrogen) atoms. The predicted octanol–water partition coefficient (Wildman–Crippen LogP) is 2.29. The van der Waals surface area contributed by atoms with E-state index in [0.29, 0.717) is 18.4 Å². The SMILES string of the molecule is CCc1ccc(OC[C@@H]2CCCN2)c([N+](=O)[O-])c1.